The van der Waals surface area contributed by atoms with Gasteiger partial charge in [-0.25, -0.2) is 8.42 Å². The number of carbonyl (C=O) groups is 1. The number of nitrogens with zero attached hydrogens (tertiary/aromatic N) is 1. The van der Waals surface area contributed by atoms with Crippen molar-refractivity contribution in [3.8, 4) is 0 Å². The highest BCUT2D eigenvalue weighted by molar-refractivity contribution is 9.10. The Morgan fingerprint density at radius 1 is 1.03 bits per heavy atom. The predicted molar refractivity (Wildman–Crippen MR) is 125 cm³/mol. The fraction of sp³-hybridized carbons (Fsp3) is 0.136. The second-order valence-electron chi connectivity index (χ2n) is 6.95. The number of sulfonamides is 1. The van der Waals surface area contributed by atoms with Gasteiger partial charge in [0.15, 0.2) is 0 Å². The number of aryl methyl sites for hydroxylation is 1. The van der Waals surface area contributed by atoms with E-state index in [9.17, 15) is 13.2 Å². The van der Waals surface area contributed by atoms with Gasteiger partial charge in [-0.3, -0.25) is 14.4 Å². The van der Waals surface area contributed by atoms with Crippen molar-refractivity contribution in [3.05, 3.63) is 88.4 Å². The number of halogens is 1. The number of rotatable bonds is 5. The molecule has 0 spiro atoms. The molecule has 5 nitrogen and oxygen atoms in total. The second kappa shape index (κ2) is 8.45. The fourth-order valence-electron chi connectivity index (χ4n) is 3.24. The van der Waals surface area contributed by atoms with Crippen LogP contribution in [0, 0.1) is 6.92 Å². The van der Waals surface area contributed by atoms with Gasteiger partial charge in [0, 0.05) is 15.8 Å². The number of hydrogen-bond acceptors (Lipinski definition) is 4. The minimum absolute atomic E-state index is 0.0368. The van der Waals surface area contributed by atoms with Crippen LogP contribution >= 0.6 is 27.7 Å². The van der Waals surface area contributed by atoms with Gasteiger partial charge in [-0.15, -0.1) is 11.8 Å². The molecule has 1 fully saturated rings. The fourth-order valence-corrected chi connectivity index (χ4v) is 5.72. The topological polar surface area (TPSA) is 66.5 Å². The Hall–Kier alpha value is -2.29. The van der Waals surface area contributed by atoms with E-state index in [2.05, 4.69) is 20.7 Å². The predicted octanol–water partition coefficient (Wildman–Crippen LogP) is 5.34. The Bertz CT molecular complexity index is 1180. The molecule has 1 saturated heterocycles. The number of benzene rings is 3. The van der Waals surface area contributed by atoms with Crippen LogP contribution < -0.4 is 9.62 Å². The summed E-state index contributed by atoms with van der Waals surface area (Å²) in [5.74, 6) is 0.419. The van der Waals surface area contributed by atoms with Gasteiger partial charge in [0.05, 0.1) is 10.6 Å². The molecule has 8 heteroatoms. The van der Waals surface area contributed by atoms with E-state index >= 15 is 0 Å². The third-order valence-corrected chi connectivity index (χ3v) is 7.87. The van der Waals surface area contributed by atoms with E-state index in [1.165, 1.54) is 11.8 Å². The lowest BCUT2D eigenvalue weighted by Gasteiger charge is -2.25. The van der Waals surface area contributed by atoms with Crippen LogP contribution in [0.3, 0.4) is 0 Å². The number of anilines is 2. The maximum absolute atomic E-state index is 12.7. The Morgan fingerprint density at radius 3 is 2.43 bits per heavy atom. The zero-order valence-corrected chi connectivity index (χ0v) is 19.3. The van der Waals surface area contributed by atoms with Crippen LogP contribution in [0.25, 0.3) is 0 Å². The monoisotopic (exact) mass is 502 g/mol. The SMILES string of the molecule is Cc1ccc(N2C(=O)CS[C@@H]2c2cccc(NS(=O)(=O)c3ccc(Br)cc3)c2)cc1. The Balaban J connectivity index is 1.62. The average molecular weight is 503 g/mol. The summed E-state index contributed by atoms with van der Waals surface area (Å²) in [7, 11) is -3.71. The minimum Gasteiger partial charge on any atom is -0.295 e. The summed E-state index contributed by atoms with van der Waals surface area (Å²) in [6, 6.07) is 21.5. The summed E-state index contributed by atoms with van der Waals surface area (Å²) >= 11 is 4.84. The van der Waals surface area contributed by atoms with Gasteiger partial charge in [-0.2, -0.15) is 0 Å². The quantitative estimate of drug-likeness (QED) is 0.511. The molecule has 30 heavy (non-hydrogen) atoms. The molecular weight excluding hydrogens is 484 g/mol. The Morgan fingerprint density at radius 2 is 1.73 bits per heavy atom. The van der Waals surface area contributed by atoms with Gasteiger partial charge in [-0.1, -0.05) is 45.8 Å². The van der Waals surface area contributed by atoms with E-state index in [1.54, 1.807) is 47.4 Å². The highest BCUT2D eigenvalue weighted by atomic mass is 79.9. The first-order valence-electron chi connectivity index (χ1n) is 9.22. The van der Waals surface area contributed by atoms with Crippen LogP contribution in [0.2, 0.25) is 0 Å². The van der Waals surface area contributed by atoms with Gasteiger partial charge in [-0.05, 0) is 61.0 Å². The molecule has 0 saturated carbocycles. The van der Waals surface area contributed by atoms with Crippen LogP contribution in [0.5, 0.6) is 0 Å². The third kappa shape index (κ3) is 4.40. The molecule has 1 amide bonds. The number of amides is 1. The highest BCUT2D eigenvalue weighted by Crippen LogP contribution is 2.42. The molecular formula is C22H19BrN2O3S2. The summed E-state index contributed by atoms with van der Waals surface area (Å²) in [4.78, 5) is 14.5. The van der Waals surface area contributed by atoms with Crippen molar-refractivity contribution in [2.75, 3.05) is 15.4 Å². The van der Waals surface area contributed by atoms with Gasteiger partial charge in [0.2, 0.25) is 5.91 Å². The molecule has 0 aromatic heterocycles. The number of hydrogen-bond donors (Lipinski definition) is 1. The Kier molecular flexibility index (Phi) is 5.90. The first kappa shape index (κ1) is 21.0. The van der Waals surface area contributed by atoms with Crippen molar-refractivity contribution in [1.29, 1.82) is 0 Å². The van der Waals surface area contributed by atoms with Crippen LogP contribution in [0.15, 0.2) is 82.2 Å². The van der Waals surface area contributed by atoms with Gasteiger partial charge >= 0.3 is 0 Å². The molecule has 1 N–H and O–H groups in total. The number of carbonyl (C=O) groups excluding carboxylic acids is 1. The lowest BCUT2D eigenvalue weighted by molar-refractivity contribution is -0.115. The van der Waals surface area contributed by atoms with E-state index in [4.69, 9.17) is 0 Å². The molecule has 154 valence electrons. The largest absolute Gasteiger partial charge is 0.295 e. The standard InChI is InChI=1S/C22H19BrN2O3S2/c1-15-5-9-19(10-6-15)25-21(26)14-29-22(25)16-3-2-4-18(13-16)24-30(27,28)20-11-7-17(23)8-12-20/h2-13,22,24H,14H2,1H3/t22-/m1/s1. The first-order chi connectivity index (χ1) is 14.3. The van der Waals surface area contributed by atoms with Crippen molar-refractivity contribution in [2.45, 2.75) is 17.2 Å². The molecule has 3 aromatic rings. The highest BCUT2D eigenvalue weighted by Gasteiger charge is 2.34. The van der Waals surface area contributed by atoms with Crippen LogP contribution in [0.1, 0.15) is 16.5 Å². The maximum atomic E-state index is 12.7. The molecule has 3 aromatic carbocycles. The van der Waals surface area contributed by atoms with Crippen molar-refractivity contribution >= 4 is 55.0 Å². The van der Waals surface area contributed by atoms with Crippen molar-refractivity contribution < 1.29 is 13.2 Å². The number of thioether (sulfide) groups is 1. The van der Waals surface area contributed by atoms with Crippen LogP contribution in [-0.2, 0) is 14.8 Å². The van der Waals surface area contributed by atoms with Gasteiger partial charge in [0.25, 0.3) is 10.0 Å². The summed E-state index contributed by atoms with van der Waals surface area (Å²) < 4.78 is 28.9. The smallest absolute Gasteiger partial charge is 0.261 e. The third-order valence-electron chi connectivity index (χ3n) is 4.73. The zero-order chi connectivity index (χ0) is 21.3. The van der Waals surface area contributed by atoms with Crippen LogP contribution in [0.4, 0.5) is 11.4 Å². The minimum atomic E-state index is -3.71. The lowest BCUT2D eigenvalue weighted by Crippen LogP contribution is -2.27. The van der Waals surface area contributed by atoms with Crippen molar-refractivity contribution in [3.63, 3.8) is 0 Å². The second-order valence-corrected chi connectivity index (χ2v) is 10.6. The molecule has 4 rings (SSSR count). The van der Waals surface area contributed by atoms with E-state index < -0.39 is 10.0 Å². The molecule has 0 radical (unpaired) electrons. The van der Waals surface area contributed by atoms with E-state index in [1.807, 2.05) is 37.3 Å². The van der Waals surface area contributed by atoms with Crippen molar-refractivity contribution in [1.82, 2.24) is 0 Å². The zero-order valence-electron chi connectivity index (χ0n) is 16.1. The van der Waals surface area contributed by atoms with Gasteiger partial charge in [0.1, 0.15) is 5.37 Å². The molecule has 0 bridgehead atoms. The summed E-state index contributed by atoms with van der Waals surface area (Å²) in [5.41, 5.74) is 3.28. The molecule has 1 aliphatic heterocycles. The van der Waals surface area contributed by atoms with E-state index in [0.717, 1.165) is 21.3 Å². The molecule has 1 aliphatic rings. The molecule has 0 aliphatic carbocycles. The summed E-state index contributed by atoms with van der Waals surface area (Å²) in [6.45, 7) is 2.00. The molecule has 1 atom stereocenters. The van der Waals surface area contributed by atoms with Crippen LogP contribution in [-0.4, -0.2) is 20.1 Å². The first-order valence-corrected chi connectivity index (χ1v) is 12.5. The lowest BCUT2D eigenvalue weighted by atomic mass is 10.1. The molecule has 0 unspecified atom stereocenters. The van der Waals surface area contributed by atoms with E-state index in [-0.39, 0.29) is 16.2 Å². The summed E-state index contributed by atoms with van der Waals surface area (Å²) in [6.07, 6.45) is 0. The maximum Gasteiger partial charge on any atom is 0.261 e. The number of nitrogens with one attached hydrogen (secondary N) is 1. The average Bonchev–Trinajstić information content (AvgIpc) is 3.10. The van der Waals surface area contributed by atoms with Crippen molar-refractivity contribution in [2.24, 2.45) is 0 Å². The summed E-state index contributed by atoms with van der Waals surface area (Å²) in [5, 5.41) is -0.211. The van der Waals surface area contributed by atoms with Gasteiger partial charge < -0.3 is 0 Å². The normalized spacial score (nSPS) is 16.7. The molecule has 1 heterocycles. The Labute approximate surface area is 188 Å². The van der Waals surface area contributed by atoms with E-state index in [0.29, 0.717) is 11.4 Å².